The van der Waals surface area contributed by atoms with Crippen molar-refractivity contribution in [3.63, 3.8) is 0 Å². The van der Waals surface area contributed by atoms with Crippen molar-refractivity contribution in [2.45, 2.75) is 25.5 Å². The second kappa shape index (κ2) is 5.88. The number of halogens is 3. The number of benzene rings is 1. The molecule has 0 aliphatic rings. The molecule has 0 radical (unpaired) electrons. The normalized spacial score (nSPS) is 12.5. The fourth-order valence-electron chi connectivity index (χ4n) is 1.49. The van der Waals surface area contributed by atoms with Crippen LogP contribution < -0.4 is 0 Å². The van der Waals surface area contributed by atoms with E-state index in [2.05, 4.69) is 30.2 Å². The molecule has 2 aromatic rings. The lowest BCUT2D eigenvalue weighted by molar-refractivity contribution is 0.630. The minimum atomic E-state index is -0.507. The van der Waals surface area contributed by atoms with Crippen LogP contribution in [0.5, 0.6) is 0 Å². The number of nitrogens with zero attached hydrogens (tertiary/aromatic N) is 2. The summed E-state index contributed by atoms with van der Waals surface area (Å²) in [6.07, 6.45) is 1.65. The van der Waals surface area contributed by atoms with Crippen LogP contribution in [0, 0.1) is 5.82 Å². The van der Waals surface area contributed by atoms with Crippen molar-refractivity contribution in [2.75, 3.05) is 0 Å². The highest BCUT2D eigenvalue weighted by Gasteiger charge is 2.10. The van der Waals surface area contributed by atoms with Gasteiger partial charge in [0, 0.05) is 28.0 Å². The Balaban J connectivity index is 2.40. The van der Waals surface area contributed by atoms with Crippen LogP contribution in [0.4, 0.5) is 4.39 Å². The molecule has 6 heteroatoms. The van der Waals surface area contributed by atoms with Gasteiger partial charge in [0.1, 0.15) is 11.0 Å². The zero-order valence-corrected chi connectivity index (χ0v) is 13.6. The zero-order chi connectivity index (χ0) is 14.9. The molecule has 2 nitrogen and oxygen atoms in total. The average molecular weight is 331 g/mol. The van der Waals surface area contributed by atoms with Gasteiger partial charge in [-0.2, -0.15) is 0 Å². The summed E-state index contributed by atoms with van der Waals surface area (Å²) in [5.41, 5.74) is 1.15. The first kappa shape index (κ1) is 15.5. The van der Waals surface area contributed by atoms with E-state index in [1.807, 2.05) is 0 Å². The standard InChI is InChI=1S/C14H13Cl2FN2S/c1-14(2,3)20-18-7-9-4-8-5-10(15)11(17)6-12(8)19-13(9)16/h4-7H,1-3H3. The van der Waals surface area contributed by atoms with Crippen molar-refractivity contribution in [2.24, 2.45) is 4.40 Å². The molecular formula is C14H13Cl2FN2S. The molecule has 0 saturated heterocycles. The summed E-state index contributed by atoms with van der Waals surface area (Å²) in [7, 11) is 0. The lowest BCUT2D eigenvalue weighted by Gasteiger charge is -2.12. The van der Waals surface area contributed by atoms with Gasteiger partial charge in [-0.3, -0.25) is 0 Å². The largest absolute Gasteiger partial charge is 0.235 e. The van der Waals surface area contributed by atoms with Gasteiger partial charge in [-0.1, -0.05) is 23.2 Å². The molecule has 0 aliphatic heterocycles. The van der Waals surface area contributed by atoms with Crippen molar-refractivity contribution in [1.29, 1.82) is 0 Å². The molecule has 0 amide bonds. The molecule has 0 aliphatic carbocycles. The van der Waals surface area contributed by atoms with Gasteiger partial charge in [0.2, 0.25) is 0 Å². The SMILES string of the molecule is CC(C)(C)SN=Cc1cc2cc(Cl)c(F)cc2nc1Cl. The first-order valence-corrected chi connectivity index (χ1v) is 7.46. The van der Waals surface area contributed by atoms with Crippen molar-refractivity contribution in [3.05, 3.63) is 39.8 Å². The van der Waals surface area contributed by atoms with Crippen molar-refractivity contribution < 1.29 is 4.39 Å². The first-order valence-electron chi connectivity index (χ1n) is 5.93. The van der Waals surface area contributed by atoms with E-state index in [-0.39, 0.29) is 14.9 Å². The quantitative estimate of drug-likeness (QED) is 0.410. The third-order valence-corrected chi connectivity index (χ3v) is 3.71. The number of fused-ring (bicyclic) bond motifs is 1. The Hall–Kier alpha value is -0.840. The lowest BCUT2D eigenvalue weighted by Crippen LogP contribution is -2.05. The second-order valence-electron chi connectivity index (χ2n) is 5.27. The minimum absolute atomic E-state index is 0.0275. The predicted molar refractivity (Wildman–Crippen MR) is 86.7 cm³/mol. The van der Waals surface area contributed by atoms with E-state index in [0.29, 0.717) is 11.1 Å². The summed E-state index contributed by atoms with van der Waals surface area (Å²) in [4.78, 5) is 4.16. The van der Waals surface area contributed by atoms with E-state index < -0.39 is 5.82 Å². The molecule has 20 heavy (non-hydrogen) atoms. The Kier molecular flexibility index (Phi) is 4.57. The number of hydrogen-bond donors (Lipinski definition) is 0. The van der Waals surface area contributed by atoms with Crippen LogP contribution >= 0.6 is 35.1 Å². The van der Waals surface area contributed by atoms with Gasteiger partial charge in [0.15, 0.2) is 0 Å². The summed E-state index contributed by atoms with van der Waals surface area (Å²) in [6.45, 7) is 6.20. The number of hydrogen-bond acceptors (Lipinski definition) is 3. The Morgan fingerprint density at radius 1 is 1.25 bits per heavy atom. The highest BCUT2D eigenvalue weighted by Crippen LogP contribution is 2.27. The van der Waals surface area contributed by atoms with Gasteiger partial charge in [0.05, 0.1) is 10.5 Å². The van der Waals surface area contributed by atoms with E-state index in [1.54, 1.807) is 12.3 Å². The molecule has 1 aromatic carbocycles. The summed E-state index contributed by atoms with van der Waals surface area (Å²) < 4.78 is 17.7. The maximum atomic E-state index is 13.4. The Morgan fingerprint density at radius 3 is 2.60 bits per heavy atom. The smallest absolute Gasteiger partial charge is 0.143 e. The van der Waals surface area contributed by atoms with E-state index in [0.717, 1.165) is 5.39 Å². The summed E-state index contributed by atoms with van der Waals surface area (Å²) >= 11 is 13.3. The summed E-state index contributed by atoms with van der Waals surface area (Å²) in [5, 5.41) is 1.08. The van der Waals surface area contributed by atoms with Crippen LogP contribution in [-0.2, 0) is 0 Å². The molecular weight excluding hydrogens is 318 g/mol. The van der Waals surface area contributed by atoms with Gasteiger partial charge in [-0.05, 0) is 44.9 Å². The topological polar surface area (TPSA) is 25.2 Å². The third-order valence-electron chi connectivity index (χ3n) is 2.36. The maximum Gasteiger partial charge on any atom is 0.143 e. The Labute approximate surface area is 131 Å². The highest BCUT2D eigenvalue weighted by atomic mass is 35.5. The molecule has 0 spiro atoms. The van der Waals surface area contributed by atoms with Crippen LogP contribution in [-0.4, -0.2) is 15.9 Å². The van der Waals surface area contributed by atoms with Crippen LogP contribution in [0.25, 0.3) is 10.9 Å². The molecule has 106 valence electrons. The van der Waals surface area contributed by atoms with Gasteiger partial charge in [-0.15, -0.1) is 0 Å². The van der Waals surface area contributed by atoms with Crippen LogP contribution in [0.15, 0.2) is 22.6 Å². The molecule has 0 atom stereocenters. The van der Waals surface area contributed by atoms with E-state index in [4.69, 9.17) is 23.2 Å². The van der Waals surface area contributed by atoms with Crippen LogP contribution in [0.2, 0.25) is 10.2 Å². The van der Waals surface area contributed by atoms with Crippen molar-refractivity contribution in [1.82, 2.24) is 4.98 Å². The maximum absolute atomic E-state index is 13.4. The van der Waals surface area contributed by atoms with E-state index in [1.165, 1.54) is 24.1 Å². The molecule has 2 rings (SSSR count). The highest BCUT2D eigenvalue weighted by molar-refractivity contribution is 7.99. The van der Waals surface area contributed by atoms with Crippen molar-refractivity contribution in [3.8, 4) is 0 Å². The monoisotopic (exact) mass is 330 g/mol. The third kappa shape index (κ3) is 3.84. The summed E-state index contributed by atoms with van der Waals surface area (Å²) in [5.74, 6) is -0.507. The minimum Gasteiger partial charge on any atom is -0.235 e. The van der Waals surface area contributed by atoms with Gasteiger partial charge < -0.3 is 0 Å². The number of pyridine rings is 1. The lowest BCUT2D eigenvalue weighted by atomic mass is 10.1. The number of rotatable bonds is 2. The van der Waals surface area contributed by atoms with Crippen LogP contribution in [0.1, 0.15) is 26.3 Å². The average Bonchev–Trinajstić information content (AvgIpc) is 2.31. The zero-order valence-electron chi connectivity index (χ0n) is 11.2. The molecule has 0 fully saturated rings. The van der Waals surface area contributed by atoms with E-state index in [9.17, 15) is 4.39 Å². The molecule has 0 N–H and O–H groups in total. The molecule has 0 unspecified atom stereocenters. The van der Waals surface area contributed by atoms with Crippen LogP contribution in [0.3, 0.4) is 0 Å². The Morgan fingerprint density at radius 2 is 1.95 bits per heavy atom. The molecule has 0 saturated carbocycles. The fraction of sp³-hybridized carbons (Fsp3) is 0.286. The molecule has 1 aromatic heterocycles. The molecule has 1 heterocycles. The second-order valence-corrected chi connectivity index (χ2v) is 7.65. The predicted octanol–water partition coefficient (Wildman–Crippen LogP) is 5.55. The number of aromatic nitrogens is 1. The summed E-state index contributed by atoms with van der Waals surface area (Å²) in [6, 6.07) is 4.60. The first-order chi connectivity index (χ1) is 9.26. The Bertz CT molecular complexity index is 681. The van der Waals surface area contributed by atoms with Crippen molar-refractivity contribution >= 4 is 52.3 Å². The van der Waals surface area contributed by atoms with Gasteiger partial charge in [-0.25, -0.2) is 13.8 Å². The van der Waals surface area contributed by atoms with E-state index >= 15 is 0 Å². The molecule has 0 bridgehead atoms. The fourth-order valence-corrected chi connectivity index (χ4v) is 2.34. The van der Waals surface area contributed by atoms with Gasteiger partial charge >= 0.3 is 0 Å². The van der Waals surface area contributed by atoms with Gasteiger partial charge in [0.25, 0.3) is 0 Å².